The Morgan fingerprint density at radius 1 is 1.06 bits per heavy atom. The van der Waals surface area contributed by atoms with Gasteiger partial charge in [-0.15, -0.1) is 0 Å². The molecular formula is C23H24ClN3O5S. The van der Waals surface area contributed by atoms with E-state index in [0.717, 1.165) is 16.7 Å². The molecule has 0 radical (unpaired) electrons. The summed E-state index contributed by atoms with van der Waals surface area (Å²) in [4.78, 5) is 20.2. The molecule has 0 spiro atoms. The zero-order chi connectivity index (χ0) is 24.3. The monoisotopic (exact) mass is 489 g/mol. The Balaban J connectivity index is 2.11. The summed E-state index contributed by atoms with van der Waals surface area (Å²) in [5.74, 6) is -0.615. The molecule has 0 unspecified atom stereocenters. The fourth-order valence-corrected chi connectivity index (χ4v) is 4.46. The van der Waals surface area contributed by atoms with Gasteiger partial charge in [0, 0.05) is 5.56 Å². The number of carbonyl (C=O) groups is 1. The summed E-state index contributed by atoms with van der Waals surface area (Å²) in [6, 6.07) is 11.2. The van der Waals surface area contributed by atoms with Crippen LogP contribution in [0.3, 0.4) is 0 Å². The Morgan fingerprint density at radius 2 is 1.70 bits per heavy atom. The van der Waals surface area contributed by atoms with E-state index >= 15 is 0 Å². The molecule has 1 heterocycles. The lowest BCUT2D eigenvalue weighted by molar-refractivity contribution is 0.0600. The van der Waals surface area contributed by atoms with E-state index in [4.69, 9.17) is 16.3 Å². The third-order valence-electron chi connectivity index (χ3n) is 4.69. The average Bonchev–Trinajstić information content (AvgIpc) is 2.75. The zero-order valence-electron chi connectivity index (χ0n) is 18.8. The summed E-state index contributed by atoms with van der Waals surface area (Å²) in [6.45, 7) is 7.52. The summed E-state index contributed by atoms with van der Waals surface area (Å²) in [6.07, 6.45) is -0.210. The van der Waals surface area contributed by atoms with Gasteiger partial charge >= 0.3 is 5.97 Å². The molecule has 0 saturated heterocycles. The van der Waals surface area contributed by atoms with Crippen LogP contribution in [0, 0.1) is 13.8 Å². The highest BCUT2D eigenvalue weighted by Crippen LogP contribution is 2.38. The highest BCUT2D eigenvalue weighted by Gasteiger charge is 2.24. The number of carbonyl (C=O) groups excluding carboxylic acids is 1. The molecular weight excluding hydrogens is 466 g/mol. The molecule has 0 bridgehead atoms. The first-order valence-corrected chi connectivity index (χ1v) is 11.9. The lowest BCUT2D eigenvalue weighted by atomic mass is 9.99. The predicted octanol–water partition coefficient (Wildman–Crippen LogP) is 4.79. The quantitative estimate of drug-likeness (QED) is 0.375. The van der Waals surface area contributed by atoms with Crippen molar-refractivity contribution >= 4 is 33.5 Å². The number of ether oxygens (including phenoxy) is 2. The molecule has 0 aliphatic rings. The molecule has 0 atom stereocenters. The Labute approximate surface area is 198 Å². The number of hydrogen-bond acceptors (Lipinski definition) is 7. The van der Waals surface area contributed by atoms with Crippen LogP contribution in [0.25, 0.3) is 11.3 Å². The predicted molar refractivity (Wildman–Crippen MR) is 126 cm³/mol. The molecule has 0 aliphatic carbocycles. The van der Waals surface area contributed by atoms with Gasteiger partial charge in [0.2, 0.25) is 5.95 Å². The van der Waals surface area contributed by atoms with Crippen LogP contribution in [0.5, 0.6) is 5.75 Å². The number of aryl methyl sites for hydroxylation is 2. The molecule has 10 heteroatoms. The molecule has 3 aromatic rings. The Kier molecular flexibility index (Phi) is 7.24. The van der Waals surface area contributed by atoms with E-state index in [1.54, 1.807) is 0 Å². The van der Waals surface area contributed by atoms with Crippen molar-refractivity contribution in [3.05, 3.63) is 64.3 Å². The second-order valence-corrected chi connectivity index (χ2v) is 9.61. The van der Waals surface area contributed by atoms with Crippen molar-refractivity contribution in [1.82, 2.24) is 9.97 Å². The van der Waals surface area contributed by atoms with Crippen LogP contribution in [0.15, 0.2) is 47.4 Å². The second-order valence-electron chi connectivity index (χ2n) is 7.57. The summed E-state index contributed by atoms with van der Waals surface area (Å²) < 4.78 is 38.9. The van der Waals surface area contributed by atoms with Crippen molar-refractivity contribution in [2.75, 3.05) is 11.8 Å². The fourth-order valence-electron chi connectivity index (χ4n) is 3.25. The number of anilines is 1. The molecule has 174 valence electrons. The van der Waals surface area contributed by atoms with E-state index in [1.807, 2.05) is 45.9 Å². The second kappa shape index (κ2) is 9.76. The lowest BCUT2D eigenvalue weighted by Crippen LogP contribution is -2.17. The van der Waals surface area contributed by atoms with Crippen molar-refractivity contribution in [1.29, 1.82) is 0 Å². The van der Waals surface area contributed by atoms with Crippen molar-refractivity contribution in [3.63, 3.8) is 0 Å². The number of esters is 1. The number of hydrogen-bond donors (Lipinski definition) is 1. The van der Waals surface area contributed by atoms with Gasteiger partial charge in [0.1, 0.15) is 5.69 Å². The molecule has 0 fully saturated rings. The number of benzene rings is 2. The fraction of sp³-hybridized carbons (Fsp3) is 0.261. The Hall–Kier alpha value is -3.17. The maximum Gasteiger partial charge on any atom is 0.337 e. The van der Waals surface area contributed by atoms with Crippen molar-refractivity contribution < 1.29 is 22.7 Å². The number of aromatic nitrogens is 2. The van der Waals surface area contributed by atoms with Crippen LogP contribution in [0.1, 0.15) is 35.3 Å². The highest BCUT2D eigenvalue weighted by atomic mass is 35.5. The summed E-state index contributed by atoms with van der Waals surface area (Å²) in [5.41, 5.74) is 3.07. The van der Waals surface area contributed by atoms with E-state index in [1.165, 1.54) is 31.4 Å². The first-order chi connectivity index (χ1) is 15.5. The van der Waals surface area contributed by atoms with Gasteiger partial charge in [0.05, 0.1) is 23.7 Å². The van der Waals surface area contributed by atoms with Crippen LogP contribution in [0.4, 0.5) is 5.95 Å². The van der Waals surface area contributed by atoms with Crippen LogP contribution < -0.4 is 9.46 Å². The van der Waals surface area contributed by atoms with Crippen molar-refractivity contribution in [2.24, 2.45) is 0 Å². The molecule has 1 aromatic heterocycles. The molecule has 8 nitrogen and oxygen atoms in total. The number of sulfonamides is 1. The molecule has 0 amide bonds. The number of rotatable bonds is 7. The van der Waals surface area contributed by atoms with E-state index in [0.29, 0.717) is 5.69 Å². The molecule has 33 heavy (non-hydrogen) atoms. The minimum Gasteiger partial charge on any atom is -0.485 e. The van der Waals surface area contributed by atoms with Gasteiger partial charge in [-0.3, -0.25) is 0 Å². The molecule has 1 N–H and O–H groups in total. The van der Waals surface area contributed by atoms with Crippen LogP contribution >= 0.6 is 11.6 Å². The highest BCUT2D eigenvalue weighted by molar-refractivity contribution is 7.92. The first-order valence-electron chi connectivity index (χ1n) is 10.1. The largest absolute Gasteiger partial charge is 0.485 e. The van der Waals surface area contributed by atoms with Crippen molar-refractivity contribution in [3.8, 4) is 17.0 Å². The van der Waals surface area contributed by atoms with E-state index in [2.05, 4.69) is 19.4 Å². The smallest absolute Gasteiger partial charge is 0.337 e. The normalized spacial score (nSPS) is 11.4. The molecule has 2 aromatic carbocycles. The SMILES string of the molecule is COC(=O)c1cccc(S(=O)(=O)Nc2nc(Cl)c(OC(C)C)c(-c3c(C)cccc3C)n2)c1. The van der Waals surface area contributed by atoms with Crippen molar-refractivity contribution in [2.45, 2.75) is 38.7 Å². The van der Waals surface area contributed by atoms with Gasteiger partial charge in [-0.1, -0.05) is 35.9 Å². The zero-order valence-corrected chi connectivity index (χ0v) is 20.4. The van der Waals surface area contributed by atoms with Crippen LogP contribution in [-0.4, -0.2) is 37.6 Å². The number of nitrogens with zero attached hydrogens (tertiary/aromatic N) is 2. The van der Waals surface area contributed by atoms with Gasteiger partial charge in [-0.25, -0.2) is 22.9 Å². The molecule has 0 aliphatic heterocycles. The Morgan fingerprint density at radius 3 is 2.30 bits per heavy atom. The minimum atomic E-state index is -4.13. The van der Waals surface area contributed by atoms with Crippen LogP contribution in [-0.2, 0) is 14.8 Å². The van der Waals surface area contributed by atoms with E-state index in [-0.39, 0.29) is 33.4 Å². The number of nitrogens with one attached hydrogen (secondary N) is 1. The standard InChI is InChI=1S/C23H24ClN3O5S/c1-13(2)32-20-19(18-14(3)8-6-9-15(18)4)25-23(26-21(20)24)27-33(29,30)17-11-7-10-16(12-17)22(28)31-5/h6-13H,1-5H3,(H,25,26,27). The van der Waals surface area contributed by atoms with Gasteiger partial charge in [-0.05, 0) is 57.0 Å². The third kappa shape index (κ3) is 5.43. The van der Waals surface area contributed by atoms with E-state index in [9.17, 15) is 13.2 Å². The average molecular weight is 490 g/mol. The van der Waals surface area contributed by atoms with E-state index < -0.39 is 16.0 Å². The van der Waals surface area contributed by atoms with Gasteiger partial charge in [0.25, 0.3) is 10.0 Å². The maximum absolute atomic E-state index is 13.0. The summed E-state index contributed by atoms with van der Waals surface area (Å²) in [7, 11) is -2.92. The number of methoxy groups -OCH3 is 1. The number of halogens is 1. The van der Waals surface area contributed by atoms with Crippen LogP contribution in [0.2, 0.25) is 5.15 Å². The minimum absolute atomic E-state index is 0.0302. The lowest BCUT2D eigenvalue weighted by Gasteiger charge is -2.18. The Bertz CT molecular complexity index is 1290. The van der Waals surface area contributed by atoms with Gasteiger partial charge in [-0.2, -0.15) is 4.98 Å². The summed E-state index contributed by atoms with van der Waals surface area (Å²) >= 11 is 6.42. The third-order valence-corrected chi connectivity index (χ3v) is 6.27. The van der Waals surface area contributed by atoms with Gasteiger partial charge < -0.3 is 9.47 Å². The molecule has 0 saturated carbocycles. The first kappa shape index (κ1) is 24.5. The maximum atomic E-state index is 13.0. The molecule has 3 rings (SSSR count). The topological polar surface area (TPSA) is 107 Å². The van der Waals surface area contributed by atoms with Gasteiger partial charge in [0.15, 0.2) is 10.9 Å². The summed E-state index contributed by atoms with van der Waals surface area (Å²) in [5, 5.41) is -0.0302.